The first-order valence-electron chi connectivity index (χ1n) is 7.91. The van der Waals surface area contributed by atoms with Gasteiger partial charge in [-0.3, -0.25) is 9.59 Å². The van der Waals surface area contributed by atoms with E-state index >= 15 is 0 Å². The topological polar surface area (TPSA) is 101 Å². The summed E-state index contributed by atoms with van der Waals surface area (Å²) in [4.78, 5) is 36.5. The van der Waals surface area contributed by atoms with Crippen molar-refractivity contribution in [3.8, 4) is 0 Å². The highest BCUT2D eigenvalue weighted by Gasteiger charge is 2.24. The minimum absolute atomic E-state index is 0.0218. The third-order valence-corrected chi connectivity index (χ3v) is 4.07. The zero-order chi connectivity index (χ0) is 20.6. The molecule has 2 N–H and O–H groups in total. The van der Waals surface area contributed by atoms with Crippen LogP contribution in [0.15, 0.2) is 41.2 Å². The first kappa shape index (κ1) is 19.1. The lowest BCUT2D eigenvalue weighted by atomic mass is 10.1. The zero-order valence-electron chi connectivity index (χ0n) is 14.2. The maximum absolute atomic E-state index is 13.8. The van der Waals surface area contributed by atoms with Gasteiger partial charge in [0.05, 0.1) is 11.1 Å². The summed E-state index contributed by atoms with van der Waals surface area (Å²) < 4.78 is 40.7. The number of hydrogen-bond acceptors (Lipinski definition) is 4. The molecule has 1 amide bonds. The molecule has 3 rings (SSSR count). The normalized spacial score (nSPS) is 12.0. The lowest BCUT2D eigenvalue weighted by Crippen LogP contribution is -2.35. The number of halogens is 3. The molecule has 1 atom stereocenters. The van der Waals surface area contributed by atoms with Gasteiger partial charge in [0.2, 0.25) is 5.91 Å². The van der Waals surface area contributed by atoms with E-state index in [0.717, 1.165) is 6.07 Å². The van der Waals surface area contributed by atoms with Crippen LogP contribution in [0, 0.1) is 17.5 Å². The van der Waals surface area contributed by atoms with E-state index in [0.29, 0.717) is 10.7 Å². The molecule has 0 saturated heterocycles. The molecule has 0 fully saturated rings. The van der Waals surface area contributed by atoms with Crippen molar-refractivity contribution in [2.45, 2.75) is 13.0 Å². The second kappa shape index (κ2) is 7.14. The Morgan fingerprint density at radius 1 is 1.07 bits per heavy atom. The molecular weight excluding hydrogens is 379 g/mol. The highest BCUT2D eigenvalue weighted by Crippen LogP contribution is 2.21. The number of fused-ring (bicyclic) bond motifs is 1. The van der Waals surface area contributed by atoms with E-state index in [2.05, 4.69) is 5.10 Å². The molecular formula is C18H12F3N3O4. The van der Waals surface area contributed by atoms with E-state index in [4.69, 9.17) is 0 Å². The van der Waals surface area contributed by atoms with E-state index in [1.54, 1.807) is 0 Å². The molecule has 7 nitrogen and oxygen atoms in total. The average Bonchev–Trinajstić information content (AvgIpc) is 2.68. The van der Waals surface area contributed by atoms with Crippen LogP contribution in [-0.2, 0) is 4.79 Å². The number of nitrogens with one attached hydrogen (secondary N) is 1. The van der Waals surface area contributed by atoms with E-state index < -0.39 is 52.3 Å². The quantitative estimate of drug-likeness (QED) is 0.666. The van der Waals surface area contributed by atoms with Gasteiger partial charge in [-0.15, -0.1) is 0 Å². The number of carboxylic acid groups (broad SMARTS) is 1. The highest BCUT2D eigenvalue weighted by atomic mass is 19.2. The Morgan fingerprint density at radius 2 is 1.71 bits per heavy atom. The lowest BCUT2D eigenvalue weighted by molar-refractivity contribution is -0.119. The van der Waals surface area contributed by atoms with Crippen LogP contribution in [0.1, 0.15) is 23.5 Å². The molecule has 0 spiro atoms. The molecule has 2 aromatic carbocycles. The number of hydrogen-bond donors (Lipinski definition) is 2. The van der Waals surface area contributed by atoms with Crippen molar-refractivity contribution in [3.05, 3.63) is 69.9 Å². The Bertz CT molecular complexity index is 1180. The molecule has 0 aliphatic rings. The molecule has 28 heavy (non-hydrogen) atoms. The predicted octanol–water partition coefficient (Wildman–Crippen LogP) is 2.71. The Morgan fingerprint density at radius 3 is 2.36 bits per heavy atom. The van der Waals surface area contributed by atoms with Crippen LogP contribution < -0.4 is 10.9 Å². The van der Waals surface area contributed by atoms with Gasteiger partial charge in [-0.2, -0.15) is 5.10 Å². The van der Waals surface area contributed by atoms with Gasteiger partial charge in [-0.25, -0.2) is 22.6 Å². The van der Waals surface area contributed by atoms with E-state index in [9.17, 15) is 32.7 Å². The largest absolute Gasteiger partial charge is 0.476 e. The van der Waals surface area contributed by atoms with Crippen molar-refractivity contribution in [1.82, 2.24) is 9.78 Å². The van der Waals surface area contributed by atoms with E-state index in [-0.39, 0.29) is 10.8 Å². The fraction of sp³-hybridized carbons (Fsp3) is 0.111. The molecule has 0 radical (unpaired) electrons. The van der Waals surface area contributed by atoms with Gasteiger partial charge in [0, 0.05) is 5.39 Å². The minimum atomic E-state index is -1.76. The van der Waals surface area contributed by atoms with Crippen LogP contribution in [0.3, 0.4) is 0 Å². The SMILES string of the molecule is CC(C(=O)Nc1ccc(F)c(F)c1F)n1nc(C(=O)O)c2ccccc2c1=O. The standard InChI is InChI=1S/C18H12F3N3O4/c1-8(16(25)22-12-7-6-11(19)13(20)14(12)21)24-17(26)10-5-3-2-4-9(10)15(23-24)18(27)28/h2-8H,1H3,(H,22,25)(H,27,28). The maximum atomic E-state index is 13.8. The van der Waals surface area contributed by atoms with Crippen molar-refractivity contribution < 1.29 is 27.9 Å². The number of carbonyl (C=O) groups excluding carboxylic acids is 1. The first-order chi connectivity index (χ1) is 13.2. The highest BCUT2D eigenvalue weighted by molar-refractivity contribution is 6.01. The number of aromatic nitrogens is 2. The zero-order valence-corrected chi connectivity index (χ0v) is 14.2. The third-order valence-electron chi connectivity index (χ3n) is 4.07. The van der Waals surface area contributed by atoms with Crippen molar-refractivity contribution in [1.29, 1.82) is 0 Å². The number of nitrogens with zero attached hydrogens (tertiary/aromatic N) is 2. The third kappa shape index (κ3) is 3.20. The van der Waals surface area contributed by atoms with Crippen LogP contribution in [0.5, 0.6) is 0 Å². The number of aromatic carboxylic acids is 1. The molecule has 0 aliphatic heterocycles. The summed E-state index contributed by atoms with van der Waals surface area (Å²) in [6.45, 7) is 1.22. The van der Waals surface area contributed by atoms with Crippen LogP contribution in [0.2, 0.25) is 0 Å². The van der Waals surface area contributed by atoms with Gasteiger partial charge in [-0.1, -0.05) is 18.2 Å². The van der Waals surface area contributed by atoms with Crippen molar-refractivity contribution in [2.24, 2.45) is 0 Å². The Hall–Kier alpha value is -3.69. The maximum Gasteiger partial charge on any atom is 0.357 e. The van der Waals surface area contributed by atoms with E-state index in [1.807, 2.05) is 5.32 Å². The summed E-state index contributed by atoms with van der Waals surface area (Å²) in [6.07, 6.45) is 0. The van der Waals surface area contributed by atoms with Crippen LogP contribution >= 0.6 is 0 Å². The monoisotopic (exact) mass is 391 g/mol. The summed E-state index contributed by atoms with van der Waals surface area (Å²) in [6, 6.07) is 5.89. The minimum Gasteiger partial charge on any atom is -0.476 e. The molecule has 144 valence electrons. The first-order valence-corrected chi connectivity index (χ1v) is 7.91. The van der Waals surface area contributed by atoms with Gasteiger partial charge in [-0.05, 0) is 25.1 Å². The number of anilines is 1. The summed E-state index contributed by atoms with van der Waals surface area (Å²) in [5, 5.41) is 15.2. The van der Waals surface area contributed by atoms with Crippen molar-refractivity contribution in [2.75, 3.05) is 5.32 Å². The van der Waals surface area contributed by atoms with Crippen molar-refractivity contribution >= 4 is 28.3 Å². The number of amides is 1. The Labute approximate surface area is 155 Å². The summed E-state index contributed by atoms with van der Waals surface area (Å²) >= 11 is 0. The number of carboxylic acids is 1. The molecule has 3 aromatic rings. The number of rotatable bonds is 4. The number of benzene rings is 2. The van der Waals surface area contributed by atoms with Crippen molar-refractivity contribution in [3.63, 3.8) is 0 Å². The fourth-order valence-corrected chi connectivity index (χ4v) is 2.60. The van der Waals surface area contributed by atoms with Gasteiger partial charge < -0.3 is 10.4 Å². The summed E-state index contributed by atoms with van der Waals surface area (Å²) in [5.41, 5.74) is -1.83. The fourth-order valence-electron chi connectivity index (χ4n) is 2.60. The molecule has 0 bridgehead atoms. The van der Waals surface area contributed by atoms with Gasteiger partial charge in [0.15, 0.2) is 23.1 Å². The van der Waals surface area contributed by atoms with Crippen LogP contribution in [0.25, 0.3) is 10.8 Å². The van der Waals surface area contributed by atoms with Crippen LogP contribution in [0.4, 0.5) is 18.9 Å². The summed E-state index contributed by atoms with van der Waals surface area (Å²) in [5.74, 6) is -7.19. The number of carbonyl (C=O) groups is 2. The molecule has 1 aromatic heterocycles. The second-order valence-corrected chi connectivity index (χ2v) is 5.84. The van der Waals surface area contributed by atoms with E-state index in [1.165, 1.54) is 31.2 Å². The molecule has 0 saturated carbocycles. The second-order valence-electron chi connectivity index (χ2n) is 5.84. The molecule has 1 heterocycles. The average molecular weight is 391 g/mol. The molecule has 10 heteroatoms. The molecule has 0 aliphatic carbocycles. The van der Waals surface area contributed by atoms with Gasteiger partial charge >= 0.3 is 5.97 Å². The molecule has 1 unspecified atom stereocenters. The predicted molar refractivity (Wildman–Crippen MR) is 92.6 cm³/mol. The van der Waals surface area contributed by atoms with Crippen LogP contribution in [-0.4, -0.2) is 26.8 Å². The Balaban J connectivity index is 2.04. The van der Waals surface area contributed by atoms with Gasteiger partial charge in [0.25, 0.3) is 5.56 Å². The Kier molecular flexibility index (Phi) is 4.87. The summed E-state index contributed by atoms with van der Waals surface area (Å²) in [7, 11) is 0. The lowest BCUT2D eigenvalue weighted by Gasteiger charge is -2.16. The van der Waals surface area contributed by atoms with Gasteiger partial charge in [0.1, 0.15) is 6.04 Å². The smallest absolute Gasteiger partial charge is 0.357 e.